The number of Topliss-reactive ketones (excluding diaryl/α,β-unsaturated/α-hetero) is 1. The maximum absolute atomic E-state index is 14.5. The van der Waals surface area contributed by atoms with Crippen molar-refractivity contribution in [1.82, 2.24) is 10.2 Å². The summed E-state index contributed by atoms with van der Waals surface area (Å²) in [6.07, 6.45) is 1.06. The van der Waals surface area contributed by atoms with Crippen molar-refractivity contribution in [2.75, 3.05) is 5.32 Å². The molecule has 6 heteroatoms. The van der Waals surface area contributed by atoms with Crippen LogP contribution in [0.3, 0.4) is 0 Å². The van der Waals surface area contributed by atoms with Crippen LogP contribution in [0.15, 0.2) is 40.3 Å². The summed E-state index contributed by atoms with van der Waals surface area (Å²) in [6, 6.07) is 6.32. The number of H-pyrrole nitrogens is 2. The zero-order valence-electron chi connectivity index (χ0n) is 13.5. The number of benzene rings is 1. The van der Waals surface area contributed by atoms with Crippen LogP contribution in [-0.4, -0.2) is 16.0 Å². The first kappa shape index (κ1) is 14.9. The van der Waals surface area contributed by atoms with E-state index in [9.17, 15) is 14.0 Å². The molecular formula is C18H18FN3O2. The third-order valence-corrected chi connectivity index (χ3v) is 4.80. The molecule has 3 N–H and O–H groups in total. The SMILES string of the molecule is CC1(C)CC(=O)C2=C(C1)Nc1[nH][nH]c(=O)c1[C@@H]2c1ccccc1F. The van der Waals surface area contributed by atoms with Gasteiger partial charge in [-0.2, -0.15) is 0 Å². The van der Waals surface area contributed by atoms with E-state index in [2.05, 4.69) is 15.5 Å². The molecular weight excluding hydrogens is 309 g/mol. The molecule has 5 nitrogen and oxygen atoms in total. The quantitative estimate of drug-likeness (QED) is 0.753. The minimum Gasteiger partial charge on any atom is -0.343 e. The Morgan fingerprint density at radius 3 is 2.62 bits per heavy atom. The fraction of sp³-hybridized carbons (Fsp3) is 0.333. The van der Waals surface area contributed by atoms with Crippen LogP contribution in [-0.2, 0) is 4.79 Å². The second-order valence-corrected chi connectivity index (χ2v) is 7.28. The van der Waals surface area contributed by atoms with Gasteiger partial charge in [0.1, 0.15) is 11.6 Å². The number of halogens is 1. The largest absolute Gasteiger partial charge is 0.343 e. The molecule has 1 aliphatic heterocycles. The summed E-state index contributed by atoms with van der Waals surface area (Å²) in [5.41, 5.74) is 1.49. The first-order valence-corrected chi connectivity index (χ1v) is 7.95. The van der Waals surface area contributed by atoms with Crippen molar-refractivity contribution in [2.24, 2.45) is 5.41 Å². The Bertz CT molecular complexity index is 936. The highest BCUT2D eigenvalue weighted by Gasteiger charge is 2.42. The Morgan fingerprint density at radius 2 is 1.88 bits per heavy atom. The summed E-state index contributed by atoms with van der Waals surface area (Å²) < 4.78 is 14.5. The third kappa shape index (κ3) is 2.13. The number of hydrogen-bond donors (Lipinski definition) is 3. The topological polar surface area (TPSA) is 77.8 Å². The monoisotopic (exact) mass is 327 g/mol. The summed E-state index contributed by atoms with van der Waals surface area (Å²) in [7, 11) is 0. The molecule has 0 saturated carbocycles. The molecule has 0 saturated heterocycles. The number of carbonyl (C=O) groups excluding carboxylic acids is 1. The minimum absolute atomic E-state index is 0.0340. The van der Waals surface area contributed by atoms with Gasteiger partial charge in [0.05, 0.1) is 11.5 Å². The summed E-state index contributed by atoms with van der Waals surface area (Å²) in [6.45, 7) is 4.06. The van der Waals surface area contributed by atoms with Crippen LogP contribution in [0.5, 0.6) is 0 Å². The lowest BCUT2D eigenvalue weighted by molar-refractivity contribution is -0.118. The average Bonchev–Trinajstić information content (AvgIpc) is 2.86. The molecule has 1 aromatic carbocycles. The van der Waals surface area contributed by atoms with Crippen molar-refractivity contribution >= 4 is 11.6 Å². The van der Waals surface area contributed by atoms with Crippen molar-refractivity contribution in [2.45, 2.75) is 32.6 Å². The first-order chi connectivity index (χ1) is 11.4. The molecule has 2 aromatic rings. The lowest BCUT2D eigenvalue weighted by Gasteiger charge is -2.37. The number of anilines is 1. The van der Waals surface area contributed by atoms with Gasteiger partial charge in [-0.3, -0.25) is 19.8 Å². The number of fused-ring (bicyclic) bond motifs is 1. The van der Waals surface area contributed by atoms with Gasteiger partial charge < -0.3 is 5.32 Å². The molecule has 4 rings (SSSR count). The standard InChI is InChI=1S/C18H18FN3O2/c1-18(2)7-11-14(12(23)8-18)13(9-5-3-4-6-10(9)19)15-16(20-11)21-22-17(15)24/h3-6,13H,7-8H2,1-2H3,(H3,20,21,22,24)/t13-/m1/s1. The van der Waals surface area contributed by atoms with Crippen LogP contribution >= 0.6 is 0 Å². The lowest BCUT2D eigenvalue weighted by Crippen LogP contribution is -2.35. The molecule has 2 aliphatic rings. The smallest absolute Gasteiger partial charge is 0.270 e. The number of rotatable bonds is 1. The highest BCUT2D eigenvalue weighted by atomic mass is 19.1. The summed E-state index contributed by atoms with van der Waals surface area (Å²) in [4.78, 5) is 25.1. The second-order valence-electron chi connectivity index (χ2n) is 7.28. The number of carbonyl (C=O) groups is 1. The van der Waals surface area contributed by atoms with Gasteiger partial charge in [-0.15, -0.1) is 0 Å². The highest BCUT2D eigenvalue weighted by Crippen LogP contribution is 2.47. The second kappa shape index (κ2) is 4.93. The predicted molar refractivity (Wildman–Crippen MR) is 88.3 cm³/mol. The third-order valence-electron chi connectivity index (χ3n) is 4.80. The fourth-order valence-corrected chi connectivity index (χ4v) is 3.84. The van der Waals surface area contributed by atoms with Gasteiger partial charge in [0, 0.05) is 23.3 Å². The number of hydrogen-bond acceptors (Lipinski definition) is 3. The lowest BCUT2D eigenvalue weighted by atomic mass is 9.69. The van der Waals surface area contributed by atoms with Crippen LogP contribution in [0, 0.1) is 11.2 Å². The number of aromatic nitrogens is 2. The van der Waals surface area contributed by atoms with E-state index in [0.29, 0.717) is 35.4 Å². The van der Waals surface area contributed by atoms with Crippen molar-refractivity contribution in [1.29, 1.82) is 0 Å². The van der Waals surface area contributed by atoms with Crippen LogP contribution in [0.4, 0.5) is 10.2 Å². The van der Waals surface area contributed by atoms with Gasteiger partial charge in [-0.05, 0) is 17.9 Å². The van der Waals surface area contributed by atoms with E-state index in [1.54, 1.807) is 18.2 Å². The molecule has 0 unspecified atom stereocenters. The van der Waals surface area contributed by atoms with Gasteiger partial charge in [0.25, 0.3) is 5.56 Å². The van der Waals surface area contributed by atoms with Gasteiger partial charge in [-0.1, -0.05) is 32.0 Å². The first-order valence-electron chi connectivity index (χ1n) is 7.95. The summed E-state index contributed by atoms with van der Waals surface area (Å²) in [5, 5.41) is 8.52. The number of allylic oxidation sites excluding steroid dienone is 2. The van der Waals surface area contributed by atoms with E-state index in [0.717, 1.165) is 5.70 Å². The number of nitrogens with one attached hydrogen (secondary N) is 3. The van der Waals surface area contributed by atoms with E-state index in [-0.39, 0.29) is 16.8 Å². The summed E-state index contributed by atoms with van der Waals surface area (Å²) in [5.74, 6) is -0.623. The molecule has 0 spiro atoms. The van der Waals surface area contributed by atoms with Gasteiger partial charge in [0.2, 0.25) is 0 Å². The van der Waals surface area contributed by atoms with Crippen molar-refractivity contribution in [3.8, 4) is 0 Å². The van der Waals surface area contributed by atoms with Gasteiger partial charge >= 0.3 is 0 Å². The molecule has 124 valence electrons. The van der Waals surface area contributed by atoms with Crippen LogP contribution in [0.2, 0.25) is 0 Å². The molecule has 1 aliphatic carbocycles. The Morgan fingerprint density at radius 1 is 1.12 bits per heavy atom. The predicted octanol–water partition coefficient (Wildman–Crippen LogP) is 3.04. The van der Waals surface area contributed by atoms with E-state index in [4.69, 9.17) is 0 Å². The minimum atomic E-state index is -0.684. The van der Waals surface area contributed by atoms with Gasteiger partial charge in [-0.25, -0.2) is 4.39 Å². The Kier molecular flexibility index (Phi) is 3.07. The molecule has 2 heterocycles. The normalized spacial score (nSPS) is 22.0. The Labute approximate surface area is 138 Å². The highest BCUT2D eigenvalue weighted by molar-refractivity contribution is 6.01. The van der Waals surface area contributed by atoms with Crippen molar-refractivity contribution in [3.63, 3.8) is 0 Å². The van der Waals surface area contributed by atoms with Gasteiger partial charge in [0.15, 0.2) is 5.78 Å². The molecule has 0 radical (unpaired) electrons. The van der Waals surface area contributed by atoms with Crippen molar-refractivity contribution in [3.05, 3.63) is 62.8 Å². The van der Waals surface area contributed by atoms with Crippen LogP contribution in [0.25, 0.3) is 0 Å². The van der Waals surface area contributed by atoms with Crippen LogP contribution < -0.4 is 10.9 Å². The van der Waals surface area contributed by atoms with E-state index in [1.165, 1.54) is 6.07 Å². The molecule has 1 aromatic heterocycles. The molecule has 0 amide bonds. The molecule has 0 fully saturated rings. The fourth-order valence-electron chi connectivity index (χ4n) is 3.84. The Hall–Kier alpha value is -2.63. The average molecular weight is 327 g/mol. The zero-order valence-corrected chi connectivity index (χ0v) is 13.5. The number of aromatic amines is 2. The number of ketones is 1. The van der Waals surface area contributed by atoms with Crippen LogP contribution in [0.1, 0.15) is 43.7 Å². The molecule has 24 heavy (non-hydrogen) atoms. The van der Waals surface area contributed by atoms with Crippen molar-refractivity contribution < 1.29 is 9.18 Å². The maximum Gasteiger partial charge on any atom is 0.270 e. The van der Waals surface area contributed by atoms with E-state index < -0.39 is 11.7 Å². The van der Waals surface area contributed by atoms with E-state index >= 15 is 0 Å². The zero-order chi connectivity index (χ0) is 17.1. The molecule has 0 bridgehead atoms. The van der Waals surface area contributed by atoms with E-state index in [1.807, 2.05) is 13.8 Å². The maximum atomic E-state index is 14.5. The summed E-state index contributed by atoms with van der Waals surface area (Å²) >= 11 is 0. The molecule has 1 atom stereocenters. The Balaban J connectivity index is 1.99.